The zero-order chi connectivity index (χ0) is 15.2. The fourth-order valence-corrected chi connectivity index (χ4v) is 2.46. The van der Waals surface area contributed by atoms with Crippen LogP contribution in [0.25, 0.3) is 0 Å². The Labute approximate surface area is 123 Å². The molecule has 1 amide bonds. The van der Waals surface area contributed by atoms with Crippen LogP contribution in [0.2, 0.25) is 0 Å². The van der Waals surface area contributed by atoms with Gasteiger partial charge in [-0.25, -0.2) is 8.78 Å². The summed E-state index contributed by atoms with van der Waals surface area (Å²) in [7, 11) is 0. The normalized spacial score (nSPS) is 22.3. The van der Waals surface area contributed by atoms with Gasteiger partial charge in [-0.2, -0.15) is 0 Å². The van der Waals surface area contributed by atoms with E-state index >= 15 is 0 Å². The van der Waals surface area contributed by atoms with E-state index < -0.39 is 13.0 Å². The third-order valence-corrected chi connectivity index (χ3v) is 3.50. The minimum Gasteiger partial charge on any atom is -0.374 e. The number of hydrogen-bond donors (Lipinski definition) is 1. The average molecular weight is 298 g/mol. The van der Waals surface area contributed by atoms with Gasteiger partial charge in [-0.3, -0.25) is 10.1 Å². The molecule has 0 aliphatic carbocycles. The number of halogens is 2. The Morgan fingerprint density at radius 2 is 2.05 bits per heavy atom. The van der Waals surface area contributed by atoms with Crippen LogP contribution in [-0.2, 0) is 9.53 Å². The number of ether oxygens (including phenoxy) is 1. The van der Waals surface area contributed by atoms with Crippen molar-refractivity contribution in [2.75, 3.05) is 19.8 Å². The van der Waals surface area contributed by atoms with Crippen molar-refractivity contribution >= 4 is 5.91 Å². The van der Waals surface area contributed by atoms with E-state index in [4.69, 9.17) is 4.74 Å². The third-order valence-electron chi connectivity index (χ3n) is 3.50. The minimum atomic E-state index is -2.48. The Morgan fingerprint density at radius 3 is 2.67 bits per heavy atom. The fourth-order valence-electron chi connectivity index (χ4n) is 2.46. The summed E-state index contributed by atoms with van der Waals surface area (Å²) >= 11 is 0. The number of benzene rings is 1. The van der Waals surface area contributed by atoms with Gasteiger partial charge >= 0.3 is 0 Å². The highest BCUT2D eigenvalue weighted by Gasteiger charge is 2.38. The molecule has 1 aromatic carbocycles. The van der Waals surface area contributed by atoms with E-state index in [0.29, 0.717) is 13.0 Å². The Hall–Kier alpha value is -1.53. The molecular weight excluding hydrogens is 278 g/mol. The van der Waals surface area contributed by atoms with Crippen LogP contribution in [0.4, 0.5) is 8.78 Å². The van der Waals surface area contributed by atoms with E-state index in [-0.39, 0.29) is 24.7 Å². The van der Waals surface area contributed by atoms with E-state index in [1.54, 1.807) is 4.90 Å². The second kappa shape index (κ2) is 7.47. The number of hydrogen-bond acceptors (Lipinski definition) is 3. The first-order valence-corrected chi connectivity index (χ1v) is 7.10. The van der Waals surface area contributed by atoms with Crippen molar-refractivity contribution in [1.82, 2.24) is 10.2 Å². The largest absolute Gasteiger partial charge is 0.374 e. The number of alkyl halides is 2. The Morgan fingerprint density at radius 1 is 1.33 bits per heavy atom. The predicted molar refractivity (Wildman–Crippen MR) is 74.9 cm³/mol. The number of amides is 1. The molecule has 116 valence electrons. The van der Waals surface area contributed by atoms with Crippen LogP contribution in [-0.4, -0.2) is 43.0 Å². The maximum Gasteiger partial charge on any atom is 0.261 e. The maximum atomic E-state index is 12.3. The summed E-state index contributed by atoms with van der Waals surface area (Å²) < 4.78 is 29.0. The van der Waals surface area contributed by atoms with E-state index in [9.17, 15) is 13.6 Å². The van der Waals surface area contributed by atoms with Crippen LogP contribution in [0.3, 0.4) is 0 Å². The van der Waals surface area contributed by atoms with Gasteiger partial charge in [-0.05, 0) is 12.0 Å². The number of nitrogens with one attached hydrogen (secondary N) is 1. The van der Waals surface area contributed by atoms with E-state index in [0.717, 1.165) is 5.56 Å². The summed E-state index contributed by atoms with van der Waals surface area (Å²) in [5.41, 5.74) is 0.982. The lowest BCUT2D eigenvalue weighted by molar-refractivity contribution is -0.131. The van der Waals surface area contributed by atoms with Crippen LogP contribution in [0, 0.1) is 0 Å². The van der Waals surface area contributed by atoms with E-state index in [1.807, 2.05) is 37.3 Å². The van der Waals surface area contributed by atoms with Crippen LogP contribution >= 0.6 is 0 Å². The number of carbonyl (C=O) groups excluding carboxylic acids is 1. The molecule has 2 atom stereocenters. The summed E-state index contributed by atoms with van der Waals surface area (Å²) in [6.07, 6.45) is -2.01. The fraction of sp³-hybridized carbons (Fsp3) is 0.533. The molecule has 1 saturated heterocycles. The molecule has 2 rings (SSSR count). The molecule has 1 aliphatic rings. The summed E-state index contributed by atoms with van der Waals surface area (Å²) in [6.45, 7) is 1.75. The molecule has 0 saturated carbocycles. The standard InChI is InChI=1S/C15H20F2N2O2/c1-2-12-15(20)19(8-9-21-10-13(16)17)14(18-12)11-6-4-3-5-7-11/h3-7,12-14,18H,2,8-10H2,1H3. The lowest BCUT2D eigenvalue weighted by Gasteiger charge is -2.24. The zero-order valence-corrected chi connectivity index (χ0v) is 12.0. The van der Waals surface area contributed by atoms with Gasteiger partial charge < -0.3 is 9.64 Å². The summed E-state index contributed by atoms with van der Waals surface area (Å²) in [4.78, 5) is 14.0. The van der Waals surface area contributed by atoms with Crippen molar-refractivity contribution in [2.45, 2.75) is 32.0 Å². The van der Waals surface area contributed by atoms with Gasteiger partial charge in [0.1, 0.15) is 12.8 Å². The van der Waals surface area contributed by atoms with Crippen molar-refractivity contribution < 1.29 is 18.3 Å². The quantitative estimate of drug-likeness (QED) is 0.785. The van der Waals surface area contributed by atoms with Gasteiger partial charge in [0.15, 0.2) is 0 Å². The molecule has 2 unspecified atom stereocenters. The van der Waals surface area contributed by atoms with Crippen molar-refractivity contribution in [2.24, 2.45) is 0 Å². The maximum absolute atomic E-state index is 12.3. The van der Waals surface area contributed by atoms with Gasteiger partial charge in [0, 0.05) is 6.54 Å². The second-order valence-electron chi connectivity index (χ2n) is 4.94. The molecule has 0 spiro atoms. The van der Waals surface area contributed by atoms with Crippen molar-refractivity contribution in [3.8, 4) is 0 Å². The van der Waals surface area contributed by atoms with Gasteiger partial charge in [0.05, 0.1) is 12.6 Å². The molecule has 1 aromatic rings. The summed E-state index contributed by atoms with van der Waals surface area (Å²) in [6, 6.07) is 9.38. The first-order valence-electron chi connectivity index (χ1n) is 7.10. The van der Waals surface area contributed by atoms with Crippen LogP contribution < -0.4 is 5.32 Å². The Bertz CT molecular complexity index is 456. The van der Waals surface area contributed by atoms with Gasteiger partial charge in [-0.1, -0.05) is 37.3 Å². The first kappa shape index (κ1) is 15.9. The molecule has 1 fully saturated rings. The topological polar surface area (TPSA) is 41.6 Å². The molecular formula is C15H20F2N2O2. The molecule has 1 N–H and O–H groups in total. The summed E-state index contributed by atoms with van der Waals surface area (Å²) in [5.74, 6) is -0.00741. The second-order valence-corrected chi connectivity index (χ2v) is 4.94. The molecule has 21 heavy (non-hydrogen) atoms. The molecule has 1 heterocycles. The lowest BCUT2D eigenvalue weighted by atomic mass is 10.1. The highest BCUT2D eigenvalue weighted by Crippen LogP contribution is 2.25. The van der Waals surface area contributed by atoms with Gasteiger partial charge in [-0.15, -0.1) is 0 Å². The highest BCUT2D eigenvalue weighted by molar-refractivity contribution is 5.84. The minimum absolute atomic E-state index is 0.00741. The molecule has 0 radical (unpaired) electrons. The number of carbonyl (C=O) groups is 1. The highest BCUT2D eigenvalue weighted by atomic mass is 19.3. The molecule has 4 nitrogen and oxygen atoms in total. The van der Waals surface area contributed by atoms with E-state index in [2.05, 4.69) is 5.32 Å². The summed E-state index contributed by atoms with van der Waals surface area (Å²) in [5, 5.41) is 3.28. The molecule has 0 aromatic heterocycles. The molecule has 0 bridgehead atoms. The van der Waals surface area contributed by atoms with Gasteiger partial charge in [0.25, 0.3) is 6.43 Å². The van der Waals surface area contributed by atoms with Gasteiger partial charge in [0.2, 0.25) is 5.91 Å². The number of rotatable bonds is 7. The number of nitrogens with zero attached hydrogens (tertiary/aromatic N) is 1. The van der Waals surface area contributed by atoms with Crippen LogP contribution in [0.5, 0.6) is 0 Å². The van der Waals surface area contributed by atoms with Crippen LogP contribution in [0.1, 0.15) is 25.1 Å². The smallest absolute Gasteiger partial charge is 0.261 e. The Kier molecular flexibility index (Phi) is 5.64. The monoisotopic (exact) mass is 298 g/mol. The lowest BCUT2D eigenvalue weighted by Crippen LogP contribution is -2.34. The average Bonchev–Trinajstić information content (AvgIpc) is 2.81. The molecule has 1 aliphatic heterocycles. The zero-order valence-electron chi connectivity index (χ0n) is 12.0. The van der Waals surface area contributed by atoms with Crippen molar-refractivity contribution in [3.05, 3.63) is 35.9 Å². The Balaban J connectivity index is 2.01. The van der Waals surface area contributed by atoms with Crippen molar-refractivity contribution in [1.29, 1.82) is 0 Å². The SMILES string of the molecule is CCC1NC(c2ccccc2)N(CCOCC(F)F)C1=O. The molecule has 6 heteroatoms. The van der Waals surface area contributed by atoms with Crippen LogP contribution in [0.15, 0.2) is 30.3 Å². The first-order chi connectivity index (χ1) is 10.1. The third kappa shape index (κ3) is 3.98. The van der Waals surface area contributed by atoms with E-state index in [1.165, 1.54) is 0 Å². The predicted octanol–water partition coefficient (Wildman–Crippen LogP) is 2.18. The van der Waals surface area contributed by atoms with Crippen molar-refractivity contribution in [3.63, 3.8) is 0 Å².